The van der Waals surface area contributed by atoms with Gasteiger partial charge in [0, 0.05) is 18.2 Å². The minimum absolute atomic E-state index is 0.0874. The van der Waals surface area contributed by atoms with Crippen molar-refractivity contribution < 1.29 is 19.4 Å². The second kappa shape index (κ2) is 7.56. The molecule has 1 aromatic carbocycles. The highest BCUT2D eigenvalue weighted by atomic mass is 35.5. The monoisotopic (exact) mass is 283 g/mol. The van der Waals surface area contributed by atoms with E-state index in [1.807, 2.05) is 0 Å². The summed E-state index contributed by atoms with van der Waals surface area (Å²) in [6.45, 7) is -0.0874. The Balaban J connectivity index is 2.58. The molecule has 102 valence electrons. The molecule has 0 spiro atoms. The maximum absolute atomic E-state index is 11.5. The van der Waals surface area contributed by atoms with E-state index in [1.54, 1.807) is 30.3 Å². The van der Waals surface area contributed by atoms with Crippen molar-refractivity contribution in [3.63, 3.8) is 0 Å². The normalized spacial score (nSPS) is 12.3. The lowest BCUT2D eigenvalue weighted by atomic mass is 10.2. The molecule has 0 saturated heterocycles. The molecule has 0 aliphatic heterocycles. The molecule has 0 saturated carbocycles. The van der Waals surface area contributed by atoms with Gasteiger partial charge in [0.05, 0.1) is 6.61 Å². The number of carboxylic acids is 1. The molecule has 6 heteroatoms. The molecule has 0 aromatic heterocycles. The smallest absolute Gasteiger partial charge is 0.328 e. The first-order chi connectivity index (χ1) is 9.02. The highest BCUT2D eigenvalue weighted by Gasteiger charge is 2.18. The van der Waals surface area contributed by atoms with Crippen LogP contribution in [-0.4, -0.2) is 36.7 Å². The third-order valence-corrected chi connectivity index (χ3v) is 2.50. The van der Waals surface area contributed by atoms with Crippen LogP contribution in [0.25, 0.3) is 6.08 Å². The molecular weight excluding hydrogens is 270 g/mol. The first-order valence-corrected chi connectivity index (χ1v) is 5.86. The minimum Gasteiger partial charge on any atom is -0.480 e. The number of amides is 1. The fourth-order valence-corrected chi connectivity index (χ4v) is 1.43. The number of carbonyl (C=O) groups excluding carboxylic acids is 1. The Bertz CT molecular complexity index is 470. The predicted octanol–water partition coefficient (Wildman–Crippen LogP) is 1.57. The van der Waals surface area contributed by atoms with Crippen LogP contribution in [0.3, 0.4) is 0 Å². The van der Waals surface area contributed by atoms with Crippen LogP contribution in [0.2, 0.25) is 5.02 Å². The quantitative estimate of drug-likeness (QED) is 0.777. The van der Waals surface area contributed by atoms with E-state index in [0.29, 0.717) is 5.02 Å². The van der Waals surface area contributed by atoms with E-state index >= 15 is 0 Å². The molecule has 0 radical (unpaired) electrons. The molecule has 0 aliphatic carbocycles. The maximum atomic E-state index is 11.5. The highest BCUT2D eigenvalue weighted by Crippen LogP contribution is 2.10. The lowest BCUT2D eigenvalue weighted by Crippen LogP contribution is -2.43. The first kappa shape index (κ1) is 15.2. The standard InChI is InChI=1S/C13H14ClNO4/c1-19-8-11(13(17)18)15-12(16)7-4-9-2-5-10(14)6-3-9/h2-7,11H,8H2,1H3,(H,15,16)(H,17,18)/b7-4+. The van der Waals surface area contributed by atoms with Gasteiger partial charge in [0.15, 0.2) is 6.04 Å². The van der Waals surface area contributed by atoms with E-state index < -0.39 is 17.9 Å². The van der Waals surface area contributed by atoms with Gasteiger partial charge in [-0.15, -0.1) is 0 Å². The number of hydrogen-bond acceptors (Lipinski definition) is 3. The summed E-state index contributed by atoms with van der Waals surface area (Å²) in [5.74, 6) is -1.64. The summed E-state index contributed by atoms with van der Waals surface area (Å²) < 4.78 is 4.71. The SMILES string of the molecule is COCC(NC(=O)/C=C/c1ccc(Cl)cc1)C(=O)O. The average Bonchev–Trinajstić information content (AvgIpc) is 2.37. The molecule has 0 aliphatic rings. The number of aliphatic carboxylic acids is 1. The minimum atomic E-state index is -1.14. The molecule has 1 unspecified atom stereocenters. The topological polar surface area (TPSA) is 75.6 Å². The van der Waals surface area contributed by atoms with Crippen molar-refractivity contribution in [2.75, 3.05) is 13.7 Å². The molecule has 19 heavy (non-hydrogen) atoms. The van der Waals surface area contributed by atoms with Gasteiger partial charge in [-0.1, -0.05) is 23.7 Å². The second-order valence-electron chi connectivity index (χ2n) is 3.74. The number of carboxylic acid groups (broad SMARTS) is 1. The number of nitrogens with one attached hydrogen (secondary N) is 1. The summed E-state index contributed by atoms with van der Waals surface area (Å²) >= 11 is 5.73. The molecule has 1 rings (SSSR count). The van der Waals surface area contributed by atoms with Crippen molar-refractivity contribution in [2.24, 2.45) is 0 Å². The van der Waals surface area contributed by atoms with Gasteiger partial charge >= 0.3 is 5.97 Å². The molecule has 2 N–H and O–H groups in total. The molecule has 1 amide bonds. The van der Waals surface area contributed by atoms with Gasteiger partial charge in [-0.25, -0.2) is 4.79 Å². The summed E-state index contributed by atoms with van der Waals surface area (Å²) in [6.07, 6.45) is 2.83. The van der Waals surface area contributed by atoms with Gasteiger partial charge in [-0.2, -0.15) is 0 Å². The summed E-state index contributed by atoms with van der Waals surface area (Å²) in [6, 6.07) is 5.83. The van der Waals surface area contributed by atoms with Gasteiger partial charge in [-0.05, 0) is 23.8 Å². The predicted molar refractivity (Wildman–Crippen MR) is 71.9 cm³/mol. The number of hydrogen-bond donors (Lipinski definition) is 2. The third-order valence-electron chi connectivity index (χ3n) is 2.25. The Morgan fingerprint density at radius 3 is 2.58 bits per heavy atom. The zero-order valence-corrected chi connectivity index (χ0v) is 11.1. The Morgan fingerprint density at radius 1 is 1.42 bits per heavy atom. The molecule has 0 heterocycles. The van der Waals surface area contributed by atoms with E-state index in [1.165, 1.54) is 13.2 Å². The summed E-state index contributed by atoms with van der Waals surface area (Å²) in [4.78, 5) is 22.3. The summed E-state index contributed by atoms with van der Waals surface area (Å²) in [5.41, 5.74) is 0.790. The van der Waals surface area contributed by atoms with Crippen LogP contribution in [0.4, 0.5) is 0 Å². The maximum Gasteiger partial charge on any atom is 0.328 e. The van der Waals surface area contributed by atoms with Crippen LogP contribution in [0.15, 0.2) is 30.3 Å². The van der Waals surface area contributed by atoms with Crippen molar-refractivity contribution in [1.82, 2.24) is 5.32 Å². The molecule has 0 bridgehead atoms. The lowest BCUT2D eigenvalue weighted by molar-refractivity contribution is -0.142. The van der Waals surface area contributed by atoms with E-state index in [9.17, 15) is 9.59 Å². The van der Waals surface area contributed by atoms with Crippen LogP contribution < -0.4 is 5.32 Å². The lowest BCUT2D eigenvalue weighted by Gasteiger charge is -2.11. The fraction of sp³-hybridized carbons (Fsp3) is 0.231. The van der Waals surface area contributed by atoms with Crippen LogP contribution in [0.5, 0.6) is 0 Å². The second-order valence-corrected chi connectivity index (χ2v) is 4.18. The van der Waals surface area contributed by atoms with Crippen LogP contribution >= 0.6 is 11.6 Å². The van der Waals surface area contributed by atoms with E-state index in [4.69, 9.17) is 21.4 Å². The summed E-state index contributed by atoms with van der Waals surface area (Å²) in [7, 11) is 1.37. The average molecular weight is 284 g/mol. The van der Waals surface area contributed by atoms with Crippen LogP contribution in [0.1, 0.15) is 5.56 Å². The number of rotatable bonds is 6. The van der Waals surface area contributed by atoms with Crippen LogP contribution in [-0.2, 0) is 14.3 Å². The van der Waals surface area contributed by atoms with Gasteiger partial charge in [0.2, 0.25) is 5.91 Å². The molecule has 5 nitrogen and oxygen atoms in total. The van der Waals surface area contributed by atoms with Crippen molar-refractivity contribution in [3.8, 4) is 0 Å². The molecule has 1 atom stereocenters. The largest absolute Gasteiger partial charge is 0.480 e. The Labute approximate surface area is 115 Å². The number of halogens is 1. The van der Waals surface area contributed by atoms with Gasteiger partial charge < -0.3 is 15.2 Å². The van der Waals surface area contributed by atoms with Crippen LogP contribution in [0, 0.1) is 0 Å². The van der Waals surface area contributed by atoms with Gasteiger partial charge in [0.25, 0.3) is 0 Å². The first-order valence-electron chi connectivity index (χ1n) is 5.49. The van der Waals surface area contributed by atoms with Gasteiger partial charge in [-0.3, -0.25) is 4.79 Å². The summed E-state index contributed by atoms with van der Waals surface area (Å²) in [5, 5.41) is 11.8. The Kier molecular flexibility index (Phi) is 6.05. The van der Waals surface area contributed by atoms with Crippen molar-refractivity contribution in [1.29, 1.82) is 0 Å². The van der Waals surface area contributed by atoms with Gasteiger partial charge in [0.1, 0.15) is 0 Å². The van der Waals surface area contributed by atoms with E-state index in [2.05, 4.69) is 5.32 Å². The van der Waals surface area contributed by atoms with Crippen molar-refractivity contribution in [2.45, 2.75) is 6.04 Å². The Hall–Kier alpha value is -1.85. The van der Waals surface area contributed by atoms with Crippen molar-refractivity contribution in [3.05, 3.63) is 40.9 Å². The highest BCUT2D eigenvalue weighted by molar-refractivity contribution is 6.30. The number of methoxy groups -OCH3 is 1. The zero-order valence-electron chi connectivity index (χ0n) is 10.3. The number of ether oxygens (including phenoxy) is 1. The zero-order chi connectivity index (χ0) is 14.3. The van der Waals surface area contributed by atoms with Crippen molar-refractivity contribution >= 4 is 29.6 Å². The van der Waals surface area contributed by atoms with E-state index in [0.717, 1.165) is 5.56 Å². The number of benzene rings is 1. The fourth-order valence-electron chi connectivity index (χ4n) is 1.31. The number of carbonyl (C=O) groups is 2. The molecular formula is C13H14ClNO4. The molecule has 1 aromatic rings. The Morgan fingerprint density at radius 2 is 2.05 bits per heavy atom. The third kappa shape index (κ3) is 5.54. The molecule has 0 fully saturated rings. The van der Waals surface area contributed by atoms with E-state index in [-0.39, 0.29) is 6.61 Å².